The first-order valence-electron chi connectivity index (χ1n) is 8.49. The summed E-state index contributed by atoms with van der Waals surface area (Å²) in [6.07, 6.45) is 1.49. The number of likely N-dealkylation sites (tertiary alicyclic amines) is 1. The Morgan fingerprint density at radius 3 is 2.68 bits per heavy atom. The molecule has 1 aromatic carbocycles. The molecular formula is C18H25N3O4. The molecule has 25 heavy (non-hydrogen) atoms. The van der Waals surface area contributed by atoms with Crippen LogP contribution in [0.2, 0.25) is 0 Å². The van der Waals surface area contributed by atoms with Crippen molar-refractivity contribution in [1.29, 1.82) is 0 Å². The average molecular weight is 347 g/mol. The lowest BCUT2D eigenvalue weighted by atomic mass is 9.96. The second kappa shape index (κ2) is 9.78. The van der Waals surface area contributed by atoms with Crippen molar-refractivity contribution in [2.45, 2.75) is 12.8 Å². The molecule has 0 aromatic heterocycles. The summed E-state index contributed by atoms with van der Waals surface area (Å²) in [5.41, 5.74) is 0.626. The number of nitrogens with one attached hydrogen (secondary N) is 2. The highest BCUT2D eigenvalue weighted by Crippen LogP contribution is 2.18. The molecule has 0 aliphatic carbocycles. The van der Waals surface area contributed by atoms with Crippen LogP contribution in [0.1, 0.15) is 23.2 Å². The van der Waals surface area contributed by atoms with E-state index in [2.05, 4.69) is 10.6 Å². The maximum atomic E-state index is 12.5. The van der Waals surface area contributed by atoms with Crippen LogP contribution in [0.4, 0.5) is 0 Å². The molecule has 3 amide bonds. The fourth-order valence-electron chi connectivity index (χ4n) is 2.81. The van der Waals surface area contributed by atoms with Crippen LogP contribution in [0.5, 0.6) is 0 Å². The minimum absolute atomic E-state index is 0.0598. The number of methoxy groups -OCH3 is 1. The maximum absolute atomic E-state index is 12.5. The highest BCUT2D eigenvalue weighted by molar-refractivity contribution is 5.94. The molecule has 1 unspecified atom stereocenters. The van der Waals surface area contributed by atoms with E-state index in [9.17, 15) is 14.4 Å². The molecule has 1 heterocycles. The first-order chi connectivity index (χ1) is 12.1. The number of hydrogen-bond acceptors (Lipinski definition) is 4. The largest absolute Gasteiger partial charge is 0.383 e. The SMILES string of the molecule is COCCNC(=O)CNC(=O)C1CCCN(C(=O)c2ccccc2)C1. The van der Waals surface area contributed by atoms with Gasteiger partial charge in [0.2, 0.25) is 11.8 Å². The predicted octanol–water partition coefficient (Wildman–Crippen LogP) is 0.418. The normalized spacial score (nSPS) is 17.0. The highest BCUT2D eigenvalue weighted by Gasteiger charge is 2.28. The Hall–Kier alpha value is -2.41. The first kappa shape index (κ1) is 18.9. The lowest BCUT2D eigenvalue weighted by Crippen LogP contribution is -2.47. The summed E-state index contributed by atoms with van der Waals surface area (Å²) in [5.74, 6) is -0.783. The molecular weight excluding hydrogens is 322 g/mol. The third kappa shape index (κ3) is 5.86. The summed E-state index contributed by atoms with van der Waals surface area (Å²) in [5, 5.41) is 5.30. The van der Waals surface area contributed by atoms with Crippen molar-refractivity contribution < 1.29 is 19.1 Å². The second-order valence-corrected chi connectivity index (χ2v) is 6.02. The van der Waals surface area contributed by atoms with Crippen LogP contribution in [-0.4, -0.2) is 62.5 Å². The van der Waals surface area contributed by atoms with Crippen molar-refractivity contribution in [1.82, 2.24) is 15.5 Å². The lowest BCUT2D eigenvalue weighted by Gasteiger charge is -2.32. The minimum Gasteiger partial charge on any atom is -0.383 e. The quantitative estimate of drug-likeness (QED) is 0.700. The summed E-state index contributed by atoms with van der Waals surface area (Å²) in [6.45, 7) is 1.80. The van der Waals surface area contributed by atoms with Gasteiger partial charge in [-0.3, -0.25) is 14.4 Å². The van der Waals surface area contributed by atoms with Crippen LogP contribution in [0.25, 0.3) is 0 Å². The summed E-state index contributed by atoms with van der Waals surface area (Å²) in [7, 11) is 1.56. The average Bonchev–Trinajstić information content (AvgIpc) is 2.66. The van der Waals surface area contributed by atoms with Crippen molar-refractivity contribution in [3.8, 4) is 0 Å². The van der Waals surface area contributed by atoms with Gasteiger partial charge in [-0.2, -0.15) is 0 Å². The molecule has 1 saturated heterocycles. The van der Waals surface area contributed by atoms with Crippen molar-refractivity contribution in [2.75, 3.05) is 39.9 Å². The number of ether oxygens (including phenoxy) is 1. The van der Waals surface area contributed by atoms with Crippen LogP contribution >= 0.6 is 0 Å². The molecule has 1 aromatic rings. The Bertz CT molecular complexity index is 591. The summed E-state index contributed by atoms with van der Waals surface area (Å²) < 4.78 is 4.84. The van der Waals surface area contributed by atoms with Gasteiger partial charge in [0.15, 0.2) is 0 Å². The van der Waals surface area contributed by atoms with Gasteiger partial charge in [0, 0.05) is 32.3 Å². The zero-order chi connectivity index (χ0) is 18.1. The van der Waals surface area contributed by atoms with Gasteiger partial charge < -0.3 is 20.3 Å². The van der Waals surface area contributed by atoms with E-state index in [0.29, 0.717) is 31.8 Å². The Kier molecular flexibility index (Phi) is 7.40. The molecule has 1 aliphatic heterocycles. The summed E-state index contributed by atoms with van der Waals surface area (Å²) in [4.78, 5) is 38.1. The third-order valence-electron chi connectivity index (χ3n) is 4.15. The van der Waals surface area contributed by atoms with Gasteiger partial charge in [-0.05, 0) is 25.0 Å². The topological polar surface area (TPSA) is 87.7 Å². The van der Waals surface area contributed by atoms with Gasteiger partial charge >= 0.3 is 0 Å². The number of amides is 3. The number of carbonyl (C=O) groups excluding carboxylic acids is 3. The van der Waals surface area contributed by atoms with Gasteiger partial charge in [0.1, 0.15) is 0 Å². The lowest BCUT2D eigenvalue weighted by molar-refractivity contribution is -0.129. The van der Waals surface area contributed by atoms with E-state index in [1.54, 1.807) is 24.1 Å². The molecule has 2 rings (SSSR count). The Balaban J connectivity index is 1.81. The standard InChI is InChI=1S/C18H25N3O4/c1-25-11-9-19-16(22)12-20-17(23)15-8-5-10-21(13-15)18(24)14-6-3-2-4-7-14/h2-4,6-7,15H,5,8-13H2,1H3,(H,19,22)(H,20,23). The van der Waals surface area contributed by atoms with E-state index < -0.39 is 0 Å². The Morgan fingerprint density at radius 2 is 1.96 bits per heavy atom. The number of carbonyl (C=O) groups is 3. The van der Waals surface area contributed by atoms with Crippen molar-refractivity contribution in [3.05, 3.63) is 35.9 Å². The number of rotatable bonds is 7. The van der Waals surface area contributed by atoms with Gasteiger partial charge in [-0.15, -0.1) is 0 Å². The Labute approximate surface area is 147 Å². The molecule has 1 fully saturated rings. The molecule has 0 bridgehead atoms. The van der Waals surface area contributed by atoms with E-state index in [4.69, 9.17) is 4.74 Å². The molecule has 136 valence electrons. The fraction of sp³-hybridized carbons (Fsp3) is 0.500. The predicted molar refractivity (Wildman–Crippen MR) is 93.0 cm³/mol. The molecule has 1 atom stereocenters. The first-order valence-corrected chi connectivity index (χ1v) is 8.49. The number of hydrogen-bond donors (Lipinski definition) is 2. The van der Waals surface area contributed by atoms with Crippen molar-refractivity contribution in [2.24, 2.45) is 5.92 Å². The van der Waals surface area contributed by atoms with Crippen LogP contribution < -0.4 is 10.6 Å². The van der Waals surface area contributed by atoms with Crippen LogP contribution in [0.3, 0.4) is 0 Å². The van der Waals surface area contributed by atoms with Gasteiger partial charge in [0.05, 0.1) is 19.1 Å². The van der Waals surface area contributed by atoms with E-state index >= 15 is 0 Å². The Morgan fingerprint density at radius 1 is 1.20 bits per heavy atom. The fourth-order valence-corrected chi connectivity index (χ4v) is 2.81. The van der Waals surface area contributed by atoms with Crippen LogP contribution in [-0.2, 0) is 14.3 Å². The minimum atomic E-state index is -0.284. The molecule has 0 radical (unpaired) electrons. The summed E-state index contributed by atoms with van der Waals surface area (Å²) >= 11 is 0. The van der Waals surface area contributed by atoms with Gasteiger partial charge in [-0.25, -0.2) is 0 Å². The second-order valence-electron chi connectivity index (χ2n) is 6.02. The zero-order valence-electron chi connectivity index (χ0n) is 14.5. The van der Waals surface area contributed by atoms with E-state index in [1.165, 1.54) is 0 Å². The summed E-state index contributed by atoms with van der Waals surface area (Å²) in [6, 6.07) is 9.06. The van der Waals surface area contributed by atoms with Gasteiger partial charge in [0.25, 0.3) is 5.91 Å². The van der Waals surface area contributed by atoms with E-state index in [1.807, 2.05) is 18.2 Å². The van der Waals surface area contributed by atoms with Crippen molar-refractivity contribution >= 4 is 17.7 Å². The number of benzene rings is 1. The van der Waals surface area contributed by atoms with Crippen LogP contribution in [0.15, 0.2) is 30.3 Å². The van der Waals surface area contributed by atoms with Crippen LogP contribution in [0, 0.1) is 5.92 Å². The van der Waals surface area contributed by atoms with Crippen molar-refractivity contribution in [3.63, 3.8) is 0 Å². The number of nitrogens with zero attached hydrogens (tertiary/aromatic N) is 1. The molecule has 0 spiro atoms. The maximum Gasteiger partial charge on any atom is 0.253 e. The molecule has 2 N–H and O–H groups in total. The smallest absolute Gasteiger partial charge is 0.253 e. The molecule has 1 aliphatic rings. The molecule has 0 saturated carbocycles. The third-order valence-corrected chi connectivity index (χ3v) is 4.15. The highest BCUT2D eigenvalue weighted by atomic mass is 16.5. The van der Waals surface area contributed by atoms with E-state index in [0.717, 1.165) is 12.8 Å². The molecule has 7 heteroatoms. The number of piperidine rings is 1. The van der Waals surface area contributed by atoms with E-state index in [-0.39, 0.29) is 30.2 Å². The molecule has 7 nitrogen and oxygen atoms in total. The van der Waals surface area contributed by atoms with Gasteiger partial charge in [-0.1, -0.05) is 18.2 Å². The zero-order valence-corrected chi connectivity index (χ0v) is 14.5. The monoisotopic (exact) mass is 347 g/mol.